The smallest absolute Gasteiger partial charge is 0.177 e. The molecule has 0 aromatic rings. The van der Waals surface area contributed by atoms with Gasteiger partial charge in [-0.05, 0) is 6.92 Å². The van der Waals surface area contributed by atoms with Crippen LogP contribution < -0.4 is 0 Å². The number of nitrogens with zero attached hydrogens (tertiary/aromatic N) is 1. The molecule has 0 spiro atoms. The second-order valence-corrected chi connectivity index (χ2v) is 3.40. The number of hydrogen-bond donors (Lipinski definition) is 0. The SMILES string of the molecule is C#CCO/N=C(\C)C(C)(C)C. The summed E-state index contributed by atoms with van der Waals surface area (Å²) in [5.74, 6) is 2.35. The molecule has 2 nitrogen and oxygen atoms in total. The highest BCUT2D eigenvalue weighted by molar-refractivity contribution is 5.86. The minimum absolute atomic E-state index is 0.0641. The van der Waals surface area contributed by atoms with Gasteiger partial charge in [-0.3, -0.25) is 0 Å². The molecular formula is C9H15NO. The molecular weight excluding hydrogens is 138 g/mol. The Balaban J connectivity index is 3.93. The third-order valence-corrected chi connectivity index (χ3v) is 1.43. The van der Waals surface area contributed by atoms with Gasteiger partial charge in [0.2, 0.25) is 0 Å². The molecule has 0 atom stereocenters. The lowest BCUT2D eigenvalue weighted by molar-refractivity contribution is 0.176. The van der Waals surface area contributed by atoms with Crippen LogP contribution in [0, 0.1) is 17.8 Å². The van der Waals surface area contributed by atoms with Crippen molar-refractivity contribution in [2.45, 2.75) is 27.7 Å². The van der Waals surface area contributed by atoms with Crippen molar-refractivity contribution in [3.05, 3.63) is 0 Å². The fourth-order valence-corrected chi connectivity index (χ4v) is 0.303. The Bertz CT molecular complexity index is 181. The molecule has 2 heteroatoms. The maximum Gasteiger partial charge on any atom is 0.177 e. The summed E-state index contributed by atoms with van der Waals surface area (Å²) in [6.07, 6.45) is 4.98. The molecule has 0 aliphatic rings. The zero-order chi connectivity index (χ0) is 8.91. The fourth-order valence-electron chi connectivity index (χ4n) is 0.303. The predicted molar refractivity (Wildman–Crippen MR) is 47.3 cm³/mol. The van der Waals surface area contributed by atoms with E-state index in [4.69, 9.17) is 11.3 Å². The average molecular weight is 153 g/mol. The van der Waals surface area contributed by atoms with E-state index in [1.807, 2.05) is 6.92 Å². The second-order valence-electron chi connectivity index (χ2n) is 3.40. The molecule has 0 N–H and O–H groups in total. The average Bonchev–Trinajstić information content (AvgIpc) is 1.86. The van der Waals surface area contributed by atoms with Gasteiger partial charge in [0.25, 0.3) is 0 Å². The Morgan fingerprint density at radius 2 is 2.09 bits per heavy atom. The van der Waals surface area contributed by atoms with Crippen LogP contribution in [0.1, 0.15) is 27.7 Å². The summed E-state index contributed by atoms with van der Waals surface area (Å²) < 4.78 is 0. The second kappa shape index (κ2) is 4.02. The molecule has 11 heavy (non-hydrogen) atoms. The molecule has 62 valence electrons. The van der Waals surface area contributed by atoms with Gasteiger partial charge < -0.3 is 4.84 Å². The molecule has 0 saturated heterocycles. The topological polar surface area (TPSA) is 21.6 Å². The summed E-state index contributed by atoms with van der Waals surface area (Å²) >= 11 is 0. The van der Waals surface area contributed by atoms with Crippen molar-refractivity contribution in [1.29, 1.82) is 0 Å². The quantitative estimate of drug-likeness (QED) is 0.257. The van der Waals surface area contributed by atoms with Crippen molar-refractivity contribution >= 4 is 5.71 Å². The Hall–Kier alpha value is -0.970. The van der Waals surface area contributed by atoms with Gasteiger partial charge in [-0.2, -0.15) is 0 Å². The van der Waals surface area contributed by atoms with Gasteiger partial charge in [-0.1, -0.05) is 31.8 Å². The Morgan fingerprint density at radius 3 is 2.45 bits per heavy atom. The van der Waals surface area contributed by atoms with Gasteiger partial charge in [0, 0.05) is 5.41 Å². The van der Waals surface area contributed by atoms with Crippen LogP contribution in [0.3, 0.4) is 0 Å². The van der Waals surface area contributed by atoms with E-state index in [0.717, 1.165) is 5.71 Å². The third kappa shape index (κ3) is 4.44. The molecule has 0 amide bonds. The maximum absolute atomic E-state index is 4.98. The molecule has 0 aromatic carbocycles. The van der Waals surface area contributed by atoms with Crippen molar-refractivity contribution in [3.8, 4) is 12.3 Å². The lowest BCUT2D eigenvalue weighted by Crippen LogP contribution is -2.17. The summed E-state index contributed by atoms with van der Waals surface area (Å²) in [5, 5.41) is 3.86. The lowest BCUT2D eigenvalue weighted by Gasteiger charge is -2.16. The van der Waals surface area contributed by atoms with E-state index >= 15 is 0 Å². The summed E-state index contributed by atoms with van der Waals surface area (Å²) in [4.78, 5) is 4.82. The summed E-state index contributed by atoms with van der Waals surface area (Å²) in [5.41, 5.74) is 1.02. The monoisotopic (exact) mass is 153 g/mol. The van der Waals surface area contributed by atoms with E-state index < -0.39 is 0 Å². The fraction of sp³-hybridized carbons (Fsp3) is 0.667. The first-order chi connectivity index (χ1) is 4.98. The van der Waals surface area contributed by atoms with E-state index in [1.165, 1.54) is 0 Å². The Morgan fingerprint density at radius 1 is 1.55 bits per heavy atom. The van der Waals surface area contributed by atoms with Crippen molar-refractivity contribution in [2.75, 3.05) is 6.61 Å². The lowest BCUT2D eigenvalue weighted by atomic mass is 9.91. The molecule has 0 radical (unpaired) electrons. The standard InChI is InChI=1S/C9H15NO/c1-6-7-11-10-8(2)9(3,4)5/h1H,7H2,2-5H3/b10-8+. The molecule has 0 heterocycles. The van der Waals surface area contributed by atoms with Gasteiger partial charge in [0.05, 0.1) is 5.71 Å². The largest absolute Gasteiger partial charge is 0.383 e. The number of hydrogen-bond acceptors (Lipinski definition) is 2. The zero-order valence-corrected chi connectivity index (χ0v) is 7.64. The highest BCUT2D eigenvalue weighted by Crippen LogP contribution is 2.15. The number of terminal acetylenes is 1. The zero-order valence-electron chi connectivity index (χ0n) is 7.64. The molecule has 0 aromatic heterocycles. The highest BCUT2D eigenvalue weighted by atomic mass is 16.6. The van der Waals surface area contributed by atoms with Crippen LogP contribution in [0.4, 0.5) is 0 Å². The predicted octanol–water partition coefficient (Wildman–Crippen LogP) is 2.06. The van der Waals surface area contributed by atoms with Gasteiger partial charge in [0.15, 0.2) is 6.61 Å². The van der Waals surface area contributed by atoms with Gasteiger partial charge >= 0.3 is 0 Å². The van der Waals surface area contributed by atoms with Crippen molar-refractivity contribution < 1.29 is 4.84 Å². The third-order valence-electron chi connectivity index (χ3n) is 1.43. The van der Waals surface area contributed by atoms with Gasteiger partial charge in [0.1, 0.15) is 0 Å². The minimum atomic E-state index is 0.0641. The normalized spacial score (nSPS) is 12.5. The van der Waals surface area contributed by atoms with Crippen molar-refractivity contribution in [1.82, 2.24) is 0 Å². The number of oxime groups is 1. The molecule has 0 rings (SSSR count). The minimum Gasteiger partial charge on any atom is -0.383 e. The molecule has 0 bridgehead atoms. The molecule has 0 fully saturated rings. The van der Waals surface area contributed by atoms with Gasteiger partial charge in [-0.25, -0.2) is 0 Å². The summed E-state index contributed by atoms with van der Waals surface area (Å²) in [6, 6.07) is 0. The first-order valence-electron chi connectivity index (χ1n) is 3.59. The van der Waals surface area contributed by atoms with Crippen LogP contribution in [-0.4, -0.2) is 12.3 Å². The van der Waals surface area contributed by atoms with E-state index in [0.29, 0.717) is 0 Å². The summed E-state index contributed by atoms with van der Waals surface area (Å²) in [7, 11) is 0. The van der Waals surface area contributed by atoms with Crippen molar-refractivity contribution in [2.24, 2.45) is 10.6 Å². The van der Waals surface area contributed by atoms with E-state index in [9.17, 15) is 0 Å². The van der Waals surface area contributed by atoms with E-state index in [2.05, 4.69) is 31.8 Å². The number of rotatable bonds is 2. The molecule has 0 saturated carbocycles. The van der Waals surface area contributed by atoms with Crippen LogP contribution >= 0.6 is 0 Å². The van der Waals surface area contributed by atoms with Crippen LogP contribution in [0.25, 0.3) is 0 Å². The maximum atomic E-state index is 4.98. The van der Waals surface area contributed by atoms with E-state index in [-0.39, 0.29) is 12.0 Å². The van der Waals surface area contributed by atoms with E-state index in [1.54, 1.807) is 0 Å². The highest BCUT2D eigenvalue weighted by Gasteiger charge is 2.14. The van der Waals surface area contributed by atoms with Crippen LogP contribution in [0.2, 0.25) is 0 Å². The first kappa shape index (κ1) is 10.0. The Labute approximate surface area is 68.6 Å². The molecule has 0 aliphatic heterocycles. The van der Waals surface area contributed by atoms with Crippen LogP contribution in [-0.2, 0) is 4.84 Å². The Kier molecular flexibility index (Phi) is 3.67. The van der Waals surface area contributed by atoms with Crippen molar-refractivity contribution in [3.63, 3.8) is 0 Å². The van der Waals surface area contributed by atoms with Gasteiger partial charge in [-0.15, -0.1) is 6.42 Å². The summed E-state index contributed by atoms with van der Waals surface area (Å²) in [6.45, 7) is 8.39. The molecule has 0 aliphatic carbocycles. The van der Waals surface area contributed by atoms with Crippen LogP contribution in [0.5, 0.6) is 0 Å². The first-order valence-corrected chi connectivity index (χ1v) is 3.59. The van der Waals surface area contributed by atoms with Crippen LogP contribution in [0.15, 0.2) is 5.16 Å². The molecule has 0 unspecified atom stereocenters.